The molecule has 0 unspecified atom stereocenters. The second kappa shape index (κ2) is 6.79. The number of aliphatic hydroxyl groups excluding tert-OH is 1. The van der Waals surface area contributed by atoms with Crippen molar-refractivity contribution in [3.05, 3.63) is 23.3 Å². The van der Waals surface area contributed by atoms with E-state index in [1.165, 1.54) is 0 Å². The van der Waals surface area contributed by atoms with Gasteiger partial charge in [0, 0.05) is 30.2 Å². The van der Waals surface area contributed by atoms with Crippen LogP contribution in [0.1, 0.15) is 17.5 Å². The molecule has 2 atom stereocenters. The summed E-state index contributed by atoms with van der Waals surface area (Å²) in [6, 6.07) is 3.69. The van der Waals surface area contributed by atoms with Crippen molar-refractivity contribution in [1.82, 2.24) is 10.2 Å². The van der Waals surface area contributed by atoms with Gasteiger partial charge in [0.05, 0.1) is 31.9 Å². The average molecular weight is 385 g/mol. The van der Waals surface area contributed by atoms with Crippen LogP contribution in [0, 0.1) is 6.92 Å². The molecule has 2 aromatic rings. The monoisotopic (exact) mass is 385 g/mol. The van der Waals surface area contributed by atoms with Gasteiger partial charge in [-0.25, -0.2) is 0 Å². The van der Waals surface area contributed by atoms with Crippen molar-refractivity contribution in [3.8, 4) is 28.5 Å². The zero-order chi connectivity index (χ0) is 19.3. The zero-order valence-electron chi connectivity index (χ0n) is 15.7. The van der Waals surface area contributed by atoms with Crippen LogP contribution in [0.15, 0.2) is 12.1 Å². The molecule has 28 heavy (non-hydrogen) atoms. The number of aryl methyl sites for hydroxylation is 1. The highest BCUT2D eigenvalue weighted by molar-refractivity contribution is 5.77. The van der Waals surface area contributed by atoms with Crippen LogP contribution in [0.25, 0.3) is 11.3 Å². The van der Waals surface area contributed by atoms with Crippen LogP contribution < -0.4 is 14.4 Å². The van der Waals surface area contributed by atoms with Crippen molar-refractivity contribution < 1.29 is 24.4 Å². The van der Waals surface area contributed by atoms with Gasteiger partial charge in [0.1, 0.15) is 23.8 Å². The maximum absolute atomic E-state index is 10.8. The Morgan fingerprint density at radius 3 is 2.82 bits per heavy atom. The van der Waals surface area contributed by atoms with E-state index in [2.05, 4.69) is 15.1 Å². The van der Waals surface area contributed by atoms with Crippen LogP contribution in [0.4, 0.5) is 5.82 Å². The van der Waals surface area contributed by atoms with E-state index in [9.17, 15) is 10.2 Å². The molecule has 4 heterocycles. The number of anilines is 1. The van der Waals surface area contributed by atoms with E-state index >= 15 is 0 Å². The molecule has 1 saturated heterocycles. The molecule has 5 rings (SSSR count). The van der Waals surface area contributed by atoms with Crippen molar-refractivity contribution in [2.45, 2.75) is 31.9 Å². The fourth-order valence-corrected chi connectivity index (χ4v) is 4.32. The molecule has 8 heteroatoms. The molecule has 0 spiro atoms. The maximum Gasteiger partial charge on any atom is 0.194 e. The summed E-state index contributed by atoms with van der Waals surface area (Å²) in [6.45, 7) is 4.59. The van der Waals surface area contributed by atoms with E-state index in [4.69, 9.17) is 14.2 Å². The SMILES string of the molecule is Cc1cc2c(c(O)c1-c1cc3c(nn1)N([C@@H]1CCOC[C@H]1O)CCO3)CCO2. The molecule has 8 nitrogen and oxygen atoms in total. The number of aromatic nitrogens is 2. The first-order valence-electron chi connectivity index (χ1n) is 9.65. The van der Waals surface area contributed by atoms with E-state index in [1.807, 2.05) is 19.1 Å². The van der Waals surface area contributed by atoms with Crippen molar-refractivity contribution in [2.24, 2.45) is 0 Å². The van der Waals surface area contributed by atoms with Crippen LogP contribution in [-0.2, 0) is 11.2 Å². The molecule has 0 saturated carbocycles. The standard InChI is InChI=1S/C20H23N3O5/c1-11-8-16-12(2-6-27-16)19(25)18(11)13-9-17-20(22-21-13)23(4-7-28-17)14-3-5-26-10-15(14)24/h8-9,14-15,24-25H,2-7,10H2,1H3/t14-,15-/m1/s1. The van der Waals surface area contributed by atoms with Crippen LogP contribution in [0.5, 0.6) is 17.2 Å². The van der Waals surface area contributed by atoms with Gasteiger partial charge in [-0.15, -0.1) is 10.2 Å². The number of benzene rings is 1. The first-order valence-corrected chi connectivity index (χ1v) is 9.65. The van der Waals surface area contributed by atoms with Crippen molar-refractivity contribution >= 4 is 5.82 Å². The average Bonchev–Trinajstić information content (AvgIpc) is 3.16. The van der Waals surface area contributed by atoms with Crippen LogP contribution >= 0.6 is 0 Å². The smallest absolute Gasteiger partial charge is 0.194 e. The quantitative estimate of drug-likeness (QED) is 0.802. The maximum atomic E-state index is 10.8. The molecular weight excluding hydrogens is 362 g/mol. The second-order valence-electron chi connectivity index (χ2n) is 7.45. The van der Waals surface area contributed by atoms with Gasteiger partial charge in [0.25, 0.3) is 0 Å². The Morgan fingerprint density at radius 1 is 1.11 bits per heavy atom. The van der Waals surface area contributed by atoms with Gasteiger partial charge in [-0.2, -0.15) is 0 Å². The van der Waals surface area contributed by atoms with Gasteiger partial charge in [-0.3, -0.25) is 0 Å². The van der Waals surface area contributed by atoms with Gasteiger partial charge in [0.2, 0.25) is 0 Å². The Labute approximate surface area is 162 Å². The number of nitrogens with zero attached hydrogens (tertiary/aromatic N) is 3. The first kappa shape index (κ1) is 17.5. The first-order chi connectivity index (χ1) is 13.6. The van der Waals surface area contributed by atoms with E-state index < -0.39 is 6.10 Å². The van der Waals surface area contributed by atoms with E-state index in [0.717, 1.165) is 23.3 Å². The minimum Gasteiger partial charge on any atom is -0.507 e. The van der Waals surface area contributed by atoms with Gasteiger partial charge in [-0.1, -0.05) is 0 Å². The van der Waals surface area contributed by atoms with E-state index in [0.29, 0.717) is 62.2 Å². The highest BCUT2D eigenvalue weighted by Crippen LogP contribution is 2.44. The van der Waals surface area contributed by atoms with Gasteiger partial charge >= 0.3 is 0 Å². The lowest BCUT2D eigenvalue weighted by Crippen LogP contribution is -2.52. The highest BCUT2D eigenvalue weighted by atomic mass is 16.5. The number of aromatic hydroxyl groups is 1. The van der Waals surface area contributed by atoms with Crippen molar-refractivity contribution in [2.75, 3.05) is 37.9 Å². The Bertz CT molecular complexity index is 919. The van der Waals surface area contributed by atoms with Crippen molar-refractivity contribution in [1.29, 1.82) is 0 Å². The number of fused-ring (bicyclic) bond motifs is 2. The van der Waals surface area contributed by atoms with E-state index in [-0.39, 0.29) is 11.8 Å². The number of hydrogen-bond acceptors (Lipinski definition) is 8. The Kier molecular flexibility index (Phi) is 4.25. The Hall–Kier alpha value is -2.58. The Balaban J connectivity index is 1.53. The number of hydrogen-bond donors (Lipinski definition) is 2. The molecule has 1 fully saturated rings. The molecule has 0 amide bonds. The third-order valence-electron chi connectivity index (χ3n) is 5.72. The summed E-state index contributed by atoms with van der Waals surface area (Å²) in [5.74, 6) is 2.18. The molecule has 2 N–H and O–H groups in total. The van der Waals surface area contributed by atoms with Crippen LogP contribution in [-0.4, -0.2) is 65.5 Å². The predicted octanol–water partition coefficient (Wildman–Crippen LogP) is 1.44. The molecule has 1 aromatic carbocycles. The van der Waals surface area contributed by atoms with Gasteiger partial charge < -0.3 is 29.3 Å². The molecule has 148 valence electrons. The summed E-state index contributed by atoms with van der Waals surface area (Å²) < 4.78 is 16.8. The summed E-state index contributed by atoms with van der Waals surface area (Å²) in [5, 5.41) is 29.9. The number of ether oxygens (including phenoxy) is 3. The molecular formula is C20H23N3O5. The molecule has 1 aromatic heterocycles. The fraction of sp³-hybridized carbons (Fsp3) is 0.500. The third-order valence-corrected chi connectivity index (χ3v) is 5.72. The van der Waals surface area contributed by atoms with Gasteiger partial charge in [-0.05, 0) is 25.0 Å². The highest BCUT2D eigenvalue weighted by Gasteiger charge is 2.34. The molecule has 3 aliphatic rings. The minimum absolute atomic E-state index is 0.0659. The second-order valence-corrected chi connectivity index (χ2v) is 7.45. The molecule has 3 aliphatic heterocycles. The lowest BCUT2D eigenvalue weighted by atomic mass is 9.98. The summed E-state index contributed by atoms with van der Waals surface area (Å²) in [4.78, 5) is 2.06. The molecule has 0 radical (unpaired) electrons. The fourth-order valence-electron chi connectivity index (χ4n) is 4.32. The molecule has 0 aliphatic carbocycles. The summed E-state index contributed by atoms with van der Waals surface area (Å²) in [7, 11) is 0. The number of phenols is 1. The third kappa shape index (κ3) is 2.75. The zero-order valence-corrected chi connectivity index (χ0v) is 15.7. The van der Waals surface area contributed by atoms with E-state index in [1.54, 1.807) is 0 Å². The normalized spacial score (nSPS) is 23.6. The van der Waals surface area contributed by atoms with Crippen LogP contribution in [0.3, 0.4) is 0 Å². The Morgan fingerprint density at radius 2 is 1.96 bits per heavy atom. The predicted molar refractivity (Wildman–Crippen MR) is 101 cm³/mol. The van der Waals surface area contributed by atoms with Gasteiger partial charge in [0.15, 0.2) is 11.6 Å². The largest absolute Gasteiger partial charge is 0.507 e. The number of aliphatic hydroxyl groups is 1. The van der Waals surface area contributed by atoms with Crippen molar-refractivity contribution in [3.63, 3.8) is 0 Å². The molecule has 0 bridgehead atoms. The summed E-state index contributed by atoms with van der Waals surface area (Å²) in [5.41, 5.74) is 2.91. The number of rotatable bonds is 2. The van der Waals surface area contributed by atoms with Crippen LogP contribution in [0.2, 0.25) is 0 Å². The summed E-state index contributed by atoms with van der Waals surface area (Å²) >= 11 is 0. The lowest BCUT2D eigenvalue weighted by Gasteiger charge is -2.40. The topological polar surface area (TPSA) is 97.2 Å². The number of phenolic OH excluding ortho intramolecular Hbond substituents is 1. The lowest BCUT2D eigenvalue weighted by molar-refractivity contribution is -0.0215. The minimum atomic E-state index is -0.566. The summed E-state index contributed by atoms with van der Waals surface area (Å²) in [6.07, 6.45) is 0.845.